The number of aromatic nitrogens is 1. The molecule has 0 unspecified atom stereocenters. The molecule has 0 radical (unpaired) electrons. The second-order valence-corrected chi connectivity index (χ2v) is 2.52. The maximum Gasteiger partial charge on any atom is 0.573 e. The van der Waals surface area contributed by atoms with Crippen LogP contribution in [0.15, 0.2) is 12.4 Å². The van der Waals surface area contributed by atoms with Crippen LogP contribution in [0.1, 0.15) is 5.56 Å². The average molecular weight is 218 g/mol. The number of aromatic hydroxyl groups is 1. The van der Waals surface area contributed by atoms with Crippen molar-refractivity contribution in [1.82, 2.24) is 4.98 Å². The lowest BCUT2D eigenvalue weighted by Gasteiger charge is -2.11. The van der Waals surface area contributed by atoms with Crippen molar-refractivity contribution in [3.05, 3.63) is 18.0 Å². The summed E-state index contributed by atoms with van der Waals surface area (Å²) in [7, 11) is 0. The van der Waals surface area contributed by atoms with Gasteiger partial charge in [-0.2, -0.15) is 5.26 Å². The SMILES string of the molecule is N#CCc1c(O)cncc1OC(F)(F)F. The van der Waals surface area contributed by atoms with E-state index in [1.54, 1.807) is 6.07 Å². The molecule has 1 N–H and O–H groups in total. The van der Waals surface area contributed by atoms with Crippen LogP contribution in [0.2, 0.25) is 0 Å². The first-order chi connectivity index (χ1) is 6.94. The molecule has 0 fully saturated rings. The van der Waals surface area contributed by atoms with Crippen molar-refractivity contribution < 1.29 is 23.0 Å². The Bertz CT molecular complexity index is 398. The number of nitriles is 1. The van der Waals surface area contributed by atoms with Crippen molar-refractivity contribution in [2.45, 2.75) is 12.8 Å². The van der Waals surface area contributed by atoms with E-state index in [0.29, 0.717) is 0 Å². The Labute approximate surface area is 82.5 Å². The van der Waals surface area contributed by atoms with E-state index in [1.807, 2.05) is 0 Å². The van der Waals surface area contributed by atoms with Crippen LogP contribution in [0, 0.1) is 11.3 Å². The van der Waals surface area contributed by atoms with Crippen LogP contribution in [0.25, 0.3) is 0 Å². The van der Waals surface area contributed by atoms with Gasteiger partial charge in [0, 0.05) is 0 Å². The predicted octanol–water partition coefficient (Wildman–Crippen LogP) is 1.75. The number of alkyl halides is 3. The zero-order valence-corrected chi connectivity index (χ0v) is 7.25. The first-order valence-corrected chi connectivity index (χ1v) is 3.72. The van der Waals surface area contributed by atoms with Crippen LogP contribution in [0.5, 0.6) is 11.5 Å². The molecule has 0 spiro atoms. The van der Waals surface area contributed by atoms with Gasteiger partial charge in [-0.05, 0) is 0 Å². The lowest BCUT2D eigenvalue weighted by molar-refractivity contribution is -0.275. The molecule has 0 saturated carbocycles. The molecule has 4 nitrogen and oxygen atoms in total. The number of halogens is 3. The summed E-state index contributed by atoms with van der Waals surface area (Å²) >= 11 is 0. The van der Waals surface area contributed by atoms with Crippen molar-refractivity contribution in [2.75, 3.05) is 0 Å². The molecule has 0 aliphatic carbocycles. The lowest BCUT2D eigenvalue weighted by atomic mass is 10.2. The Balaban J connectivity index is 3.07. The number of hydrogen-bond donors (Lipinski definition) is 1. The molecule has 0 aromatic carbocycles. The summed E-state index contributed by atoms with van der Waals surface area (Å²) in [6, 6.07) is 1.62. The molecule has 0 bridgehead atoms. The van der Waals surface area contributed by atoms with Gasteiger partial charge < -0.3 is 9.84 Å². The molecule has 0 aliphatic heterocycles. The first kappa shape index (κ1) is 11.1. The number of ether oxygens (including phenoxy) is 1. The zero-order valence-electron chi connectivity index (χ0n) is 7.25. The van der Waals surface area contributed by atoms with Crippen molar-refractivity contribution >= 4 is 0 Å². The monoisotopic (exact) mass is 218 g/mol. The number of pyridine rings is 1. The third-order valence-electron chi connectivity index (χ3n) is 1.48. The number of nitrogens with zero attached hydrogens (tertiary/aromatic N) is 2. The van der Waals surface area contributed by atoms with Gasteiger partial charge in [0.15, 0.2) is 5.75 Å². The van der Waals surface area contributed by atoms with Crippen LogP contribution in [0.3, 0.4) is 0 Å². The van der Waals surface area contributed by atoms with Gasteiger partial charge in [0.1, 0.15) is 5.75 Å². The van der Waals surface area contributed by atoms with Gasteiger partial charge >= 0.3 is 6.36 Å². The summed E-state index contributed by atoms with van der Waals surface area (Å²) in [4.78, 5) is 3.33. The molecule has 15 heavy (non-hydrogen) atoms. The lowest BCUT2D eigenvalue weighted by Crippen LogP contribution is -2.18. The van der Waals surface area contributed by atoms with E-state index in [0.717, 1.165) is 12.4 Å². The third kappa shape index (κ3) is 3.02. The standard InChI is InChI=1S/C8H5F3N2O2/c9-8(10,11)15-7-4-13-3-6(14)5(7)1-2-12/h3-4,14H,1H2. The summed E-state index contributed by atoms with van der Waals surface area (Å²) in [6.07, 6.45) is -3.53. The van der Waals surface area contributed by atoms with Crippen molar-refractivity contribution in [2.24, 2.45) is 0 Å². The average Bonchev–Trinajstić information content (AvgIpc) is 2.08. The Kier molecular flexibility index (Phi) is 2.99. The second kappa shape index (κ2) is 4.04. The van der Waals surface area contributed by atoms with Gasteiger partial charge in [0.05, 0.1) is 30.4 Å². The van der Waals surface area contributed by atoms with Crippen molar-refractivity contribution in [1.29, 1.82) is 5.26 Å². The fourth-order valence-corrected chi connectivity index (χ4v) is 0.927. The van der Waals surface area contributed by atoms with E-state index in [1.165, 1.54) is 0 Å². The molecule has 1 aromatic heterocycles. The molecule has 0 amide bonds. The van der Waals surface area contributed by atoms with Gasteiger partial charge in [0.2, 0.25) is 0 Å². The van der Waals surface area contributed by atoms with E-state index >= 15 is 0 Å². The molecular weight excluding hydrogens is 213 g/mol. The smallest absolute Gasteiger partial charge is 0.506 e. The summed E-state index contributed by atoms with van der Waals surface area (Å²) in [5.41, 5.74) is -0.232. The molecular formula is C8H5F3N2O2. The van der Waals surface area contributed by atoms with E-state index in [2.05, 4.69) is 9.72 Å². The topological polar surface area (TPSA) is 66.1 Å². The third-order valence-corrected chi connectivity index (χ3v) is 1.48. The minimum absolute atomic E-state index is 0.232. The molecule has 1 heterocycles. The Morgan fingerprint density at radius 2 is 2.13 bits per heavy atom. The Hall–Kier alpha value is -1.97. The second-order valence-electron chi connectivity index (χ2n) is 2.52. The summed E-state index contributed by atoms with van der Waals surface area (Å²) in [5, 5.41) is 17.5. The van der Waals surface area contributed by atoms with Gasteiger partial charge in [0.25, 0.3) is 0 Å². The van der Waals surface area contributed by atoms with Gasteiger partial charge in [-0.25, -0.2) is 0 Å². The molecule has 0 aliphatic rings. The quantitative estimate of drug-likeness (QED) is 0.821. The largest absolute Gasteiger partial charge is 0.573 e. The highest BCUT2D eigenvalue weighted by Gasteiger charge is 2.32. The number of hydrogen-bond acceptors (Lipinski definition) is 4. The molecule has 1 aromatic rings. The molecule has 0 atom stereocenters. The molecule has 1 rings (SSSR count). The van der Waals surface area contributed by atoms with E-state index in [-0.39, 0.29) is 12.0 Å². The predicted molar refractivity (Wildman–Crippen MR) is 41.9 cm³/mol. The molecule has 7 heteroatoms. The molecule has 0 saturated heterocycles. The Morgan fingerprint density at radius 1 is 1.47 bits per heavy atom. The summed E-state index contributed by atoms with van der Waals surface area (Å²) < 4.78 is 39.2. The Morgan fingerprint density at radius 3 is 2.67 bits per heavy atom. The zero-order chi connectivity index (χ0) is 11.5. The van der Waals surface area contributed by atoms with Gasteiger partial charge in [-0.1, -0.05) is 0 Å². The van der Waals surface area contributed by atoms with E-state index in [9.17, 15) is 13.2 Å². The summed E-state index contributed by atoms with van der Waals surface area (Å²) in [5.74, 6) is -1.16. The highest BCUT2D eigenvalue weighted by atomic mass is 19.4. The minimum atomic E-state index is -4.88. The van der Waals surface area contributed by atoms with Crippen LogP contribution < -0.4 is 4.74 Å². The fourth-order valence-electron chi connectivity index (χ4n) is 0.927. The maximum absolute atomic E-state index is 11.9. The van der Waals surface area contributed by atoms with Crippen molar-refractivity contribution in [3.8, 4) is 17.6 Å². The highest BCUT2D eigenvalue weighted by Crippen LogP contribution is 2.30. The normalized spacial score (nSPS) is 10.8. The number of rotatable bonds is 2. The minimum Gasteiger partial charge on any atom is -0.506 e. The van der Waals surface area contributed by atoms with Crippen molar-refractivity contribution in [3.63, 3.8) is 0 Å². The maximum atomic E-state index is 11.9. The van der Waals surface area contributed by atoms with Crippen LogP contribution in [0.4, 0.5) is 13.2 Å². The van der Waals surface area contributed by atoms with Crippen LogP contribution in [-0.4, -0.2) is 16.5 Å². The molecule has 80 valence electrons. The van der Waals surface area contributed by atoms with E-state index in [4.69, 9.17) is 10.4 Å². The summed E-state index contributed by atoms with van der Waals surface area (Å²) in [6.45, 7) is 0. The van der Waals surface area contributed by atoms with Gasteiger partial charge in [-0.15, -0.1) is 13.2 Å². The fraction of sp³-hybridized carbons (Fsp3) is 0.250. The van der Waals surface area contributed by atoms with Crippen LogP contribution in [-0.2, 0) is 6.42 Å². The highest BCUT2D eigenvalue weighted by molar-refractivity contribution is 5.42. The van der Waals surface area contributed by atoms with Gasteiger partial charge in [-0.3, -0.25) is 4.98 Å². The van der Waals surface area contributed by atoms with E-state index < -0.39 is 17.9 Å². The van der Waals surface area contributed by atoms with Crippen LogP contribution >= 0.6 is 0 Å². The first-order valence-electron chi connectivity index (χ1n) is 3.72.